The number of hydrogen-bond acceptors (Lipinski definition) is 1. The Kier molecular flexibility index (Phi) is 3.11. The maximum absolute atomic E-state index is 10.9. The van der Waals surface area contributed by atoms with Crippen LogP contribution in [0.15, 0.2) is 16.6 Å². The SMILES string of the molecule is Cc1ccc(C(N)=O)c(Br)c1I. The van der Waals surface area contributed by atoms with Crippen LogP contribution < -0.4 is 5.73 Å². The van der Waals surface area contributed by atoms with Gasteiger partial charge in [0, 0.05) is 8.04 Å². The van der Waals surface area contributed by atoms with Crippen molar-refractivity contribution in [2.75, 3.05) is 0 Å². The summed E-state index contributed by atoms with van der Waals surface area (Å²) in [6, 6.07) is 3.61. The van der Waals surface area contributed by atoms with E-state index in [0.717, 1.165) is 13.6 Å². The summed E-state index contributed by atoms with van der Waals surface area (Å²) in [4.78, 5) is 10.9. The fourth-order valence-corrected chi connectivity index (χ4v) is 1.95. The van der Waals surface area contributed by atoms with Gasteiger partial charge in [-0.25, -0.2) is 0 Å². The first-order chi connectivity index (χ1) is 5.54. The number of halogens is 2. The first-order valence-corrected chi connectivity index (χ1v) is 5.15. The Balaban J connectivity index is 3.36. The smallest absolute Gasteiger partial charge is 0.249 e. The van der Waals surface area contributed by atoms with E-state index in [2.05, 4.69) is 38.5 Å². The maximum atomic E-state index is 10.9. The zero-order valence-corrected chi connectivity index (χ0v) is 10.1. The van der Waals surface area contributed by atoms with Crippen LogP contribution in [0.4, 0.5) is 0 Å². The maximum Gasteiger partial charge on any atom is 0.249 e. The van der Waals surface area contributed by atoms with E-state index in [-0.39, 0.29) is 0 Å². The van der Waals surface area contributed by atoms with Crippen LogP contribution >= 0.6 is 38.5 Å². The van der Waals surface area contributed by atoms with Crippen molar-refractivity contribution in [3.8, 4) is 0 Å². The van der Waals surface area contributed by atoms with Crippen molar-refractivity contribution in [2.24, 2.45) is 5.73 Å². The lowest BCUT2D eigenvalue weighted by Gasteiger charge is -2.04. The average molecular weight is 340 g/mol. The zero-order valence-electron chi connectivity index (χ0n) is 6.40. The summed E-state index contributed by atoms with van der Waals surface area (Å²) < 4.78 is 1.82. The fraction of sp³-hybridized carbons (Fsp3) is 0.125. The Morgan fingerprint density at radius 3 is 2.67 bits per heavy atom. The summed E-state index contributed by atoms with van der Waals surface area (Å²) in [5.74, 6) is -0.403. The quantitative estimate of drug-likeness (QED) is 0.785. The summed E-state index contributed by atoms with van der Waals surface area (Å²) in [6.45, 7) is 1.98. The number of nitrogens with two attached hydrogens (primary N) is 1. The minimum Gasteiger partial charge on any atom is -0.366 e. The average Bonchev–Trinajstić information content (AvgIpc) is 2.00. The molecule has 2 N–H and O–H groups in total. The van der Waals surface area contributed by atoms with Crippen LogP contribution in [-0.4, -0.2) is 5.91 Å². The van der Waals surface area contributed by atoms with E-state index in [9.17, 15) is 4.79 Å². The lowest BCUT2D eigenvalue weighted by Crippen LogP contribution is -2.12. The Hall–Kier alpha value is -0.100. The van der Waals surface area contributed by atoms with Crippen molar-refractivity contribution in [1.82, 2.24) is 0 Å². The first-order valence-electron chi connectivity index (χ1n) is 3.28. The molecular weight excluding hydrogens is 333 g/mol. The molecule has 64 valence electrons. The van der Waals surface area contributed by atoms with E-state index in [1.165, 1.54) is 0 Å². The molecule has 0 saturated carbocycles. The van der Waals surface area contributed by atoms with Crippen LogP contribution in [0, 0.1) is 10.5 Å². The van der Waals surface area contributed by atoms with Gasteiger partial charge in [-0.2, -0.15) is 0 Å². The number of amides is 1. The molecule has 0 unspecified atom stereocenters. The van der Waals surface area contributed by atoms with Gasteiger partial charge in [0.1, 0.15) is 0 Å². The predicted molar refractivity (Wildman–Crippen MR) is 60.1 cm³/mol. The lowest BCUT2D eigenvalue weighted by atomic mass is 10.1. The summed E-state index contributed by atoms with van der Waals surface area (Å²) in [5, 5.41) is 0. The molecular formula is C8H7BrINO. The Labute approximate surface area is 92.8 Å². The van der Waals surface area contributed by atoms with Crippen molar-refractivity contribution >= 4 is 44.4 Å². The van der Waals surface area contributed by atoms with Crippen LogP contribution in [0.5, 0.6) is 0 Å². The van der Waals surface area contributed by atoms with Crippen LogP contribution in [0.25, 0.3) is 0 Å². The van der Waals surface area contributed by atoms with Gasteiger partial charge < -0.3 is 5.73 Å². The second kappa shape index (κ2) is 3.74. The molecule has 12 heavy (non-hydrogen) atoms. The number of aryl methyl sites for hydroxylation is 1. The molecule has 0 atom stereocenters. The van der Waals surface area contributed by atoms with Gasteiger partial charge in [0.25, 0.3) is 0 Å². The Morgan fingerprint density at radius 1 is 1.58 bits per heavy atom. The minimum atomic E-state index is -0.403. The van der Waals surface area contributed by atoms with Gasteiger partial charge >= 0.3 is 0 Å². The topological polar surface area (TPSA) is 43.1 Å². The number of hydrogen-bond donors (Lipinski definition) is 1. The number of primary amides is 1. The highest BCUT2D eigenvalue weighted by atomic mass is 127. The molecule has 0 radical (unpaired) electrons. The molecule has 0 fully saturated rings. The molecule has 1 rings (SSSR count). The second-order valence-corrected chi connectivity index (χ2v) is 4.29. The molecule has 0 saturated heterocycles. The molecule has 1 aromatic rings. The highest BCUT2D eigenvalue weighted by Crippen LogP contribution is 2.25. The Morgan fingerprint density at radius 2 is 2.17 bits per heavy atom. The van der Waals surface area contributed by atoms with Gasteiger partial charge in [-0.3, -0.25) is 4.79 Å². The van der Waals surface area contributed by atoms with Gasteiger partial charge in [-0.05, 0) is 57.1 Å². The molecule has 0 heterocycles. The molecule has 0 aliphatic heterocycles. The van der Waals surface area contributed by atoms with Gasteiger partial charge in [0.05, 0.1) is 5.56 Å². The number of carbonyl (C=O) groups is 1. The fourth-order valence-electron chi connectivity index (χ4n) is 0.836. The zero-order chi connectivity index (χ0) is 9.30. The molecule has 0 aliphatic rings. The molecule has 0 aliphatic carbocycles. The van der Waals surface area contributed by atoms with Crippen molar-refractivity contribution in [1.29, 1.82) is 0 Å². The highest BCUT2D eigenvalue weighted by Gasteiger charge is 2.09. The van der Waals surface area contributed by atoms with Crippen LogP contribution in [0.1, 0.15) is 15.9 Å². The van der Waals surface area contributed by atoms with Crippen molar-refractivity contribution in [3.05, 3.63) is 31.3 Å². The third-order valence-electron chi connectivity index (χ3n) is 1.54. The summed E-state index contributed by atoms with van der Waals surface area (Å²) in [6.07, 6.45) is 0. The summed E-state index contributed by atoms with van der Waals surface area (Å²) >= 11 is 5.50. The molecule has 1 aromatic carbocycles. The van der Waals surface area contributed by atoms with Crippen LogP contribution in [-0.2, 0) is 0 Å². The largest absolute Gasteiger partial charge is 0.366 e. The van der Waals surface area contributed by atoms with Gasteiger partial charge in [-0.15, -0.1) is 0 Å². The number of benzene rings is 1. The third kappa shape index (κ3) is 1.80. The molecule has 0 aromatic heterocycles. The van der Waals surface area contributed by atoms with E-state index in [1.54, 1.807) is 6.07 Å². The van der Waals surface area contributed by atoms with E-state index < -0.39 is 5.91 Å². The summed E-state index contributed by atoms with van der Waals surface area (Å²) in [7, 11) is 0. The van der Waals surface area contributed by atoms with Crippen LogP contribution in [0.2, 0.25) is 0 Å². The number of rotatable bonds is 1. The molecule has 2 nitrogen and oxygen atoms in total. The van der Waals surface area contributed by atoms with Gasteiger partial charge in [0.2, 0.25) is 5.91 Å². The van der Waals surface area contributed by atoms with E-state index in [1.807, 2.05) is 13.0 Å². The highest BCUT2D eigenvalue weighted by molar-refractivity contribution is 14.1. The minimum absolute atomic E-state index is 0.403. The molecule has 4 heteroatoms. The third-order valence-corrected chi connectivity index (χ3v) is 4.50. The second-order valence-electron chi connectivity index (χ2n) is 2.42. The van der Waals surface area contributed by atoms with Crippen LogP contribution in [0.3, 0.4) is 0 Å². The molecule has 1 amide bonds. The summed E-state index contributed by atoms with van der Waals surface area (Å²) in [5.41, 5.74) is 6.83. The van der Waals surface area contributed by atoms with E-state index >= 15 is 0 Å². The number of carbonyl (C=O) groups excluding carboxylic acids is 1. The van der Waals surface area contributed by atoms with Crippen molar-refractivity contribution in [3.63, 3.8) is 0 Å². The normalized spacial score (nSPS) is 9.92. The van der Waals surface area contributed by atoms with Crippen molar-refractivity contribution in [2.45, 2.75) is 6.92 Å². The standard InChI is InChI=1S/C8H7BrINO/c1-4-2-3-5(8(11)12)6(9)7(4)10/h2-3H,1H3,(H2,11,12). The van der Waals surface area contributed by atoms with Gasteiger partial charge in [0.15, 0.2) is 0 Å². The first kappa shape index (κ1) is 9.98. The molecule has 0 bridgehead atoms. The van der Waals surface area contributed by atoms with Gasteiger partial charge in [-0.1, -0.05) is 6.07 Å². The monoisotopic (exact) mass is 339 g/mol. The lowest BCUT2D eigenvalue weighted by molar-refractivity contribution is 0.0999. The Bertz CT molecular complexity index is 338. The van der Waals surface area contributed by atoms with E-state index in [0.29, 0.717) is 5.56 Å². The predicted octanol–water partition coefficient (Wildman–Crippen LogP) is 2.46. The van der Waals surface area contributed by atoms with Crippen molar-refractivity contribution < 1.29 is 4.79 Å². The van der Waals surface area contributed by atoms with E-state index in [4.69, 9.17) is 5.73 Å². The molecule has 0 spiro atoms.